The van der Waals surface area contributed by atoms with Gasteiger partial charge in [0, 0.05) is 56.7 Å². The van der Waals surface area contributed by atoms with Crippen molar-refractivity contribution >= 4 is 11.8 Å². The zero-order valence-electron chi connectivity index (χ0n) is 20.5. The van der Waals surface area contributed by atoms with Crippen molar-refractivity contribution in [1.82, 2.24) is 19.7 Å². The number of pyridine rings is 1. The molecule has 0 radical (unpaired) electrons. The molecule has 1 saturated heterocycles. The molecule has 2 aliphatic heterocycles. The van der Waals surface area contributed by atoms with Gasteiger partial charge in [-0.1, -0.05) is 12.5 Å². The third-order valence-electron chi connectivity index (χ3n) is 7.85. The summed E-state index contributed by atoms with van der Waals surface area (Å²) in [5.41, 5.74) is -0.544. The predicted octanol–water partition coefficient (Wildman–Crippen LogP) is 1.68. The second-order valence-corrected chi connectivity index (χ2v) is 9.95. The van der Waals surface area contributed by atoms with Crippen LogP contribution >= 0.6 is 0 Å². The number of amides is 2. The van der Waals surface area contributed by atoms with Crippen LogP contribution in [0.3, 0.4) is 0 Å². The highest BCUT2D eigenvalue weighted by atomic mass is 19.1. The number of nitrogens with zero attached hydrogens (tertiary/aromatic N) is 3. The van der Waals surface area contributed by atoms with Crippen molar-refractivity contribution in [2.75, 3.05) is 26.8 Å². The molecular weight excluding hydrogens is 486 g/mol. The smallest absolute Gasteiger partial charge is 0.276 e. The molecule has 2 fully saturated rings. The third-order valence-corrected chi connectivity index (χ3v) is 7.85. The summed E-state index contributed by atoms with van der Waals surface area (Å²) in [6.45, 7) is 1.94. The van der Waals surface area contributed by atoms with Gasteiger partial charge in [0.05, 0.1) is 19.1 Å². The highest BCUT2D eigenvalue weighted by molar-refractivity contribution is 5.96. The lowest BCUT2D eigenvalue weighted by atomic mass is 9.73. The molecule has 198 valence electrons. The van der Waals surface area contributed by atoms with Crippen LogP contribution < -0.4 is 10.7 Å². The van der Waals surface area contributed by atoms with Gasteiger partial charge in [0.15, 0.2) is 11.4 Å². The standard InChI is InChI=1S/C26H30F2N4O5/c1-37-10-9-30-13-16-3-2-4-18(25(35)29-12-15-5-6-17(27)11-19(15)28)22(16)32-21(30)14-31-8-7-20(33)24(34)23(31)26(32)36/h5-8,11,16,18,21-22,34H,2-4,9-10,12-14H2,1H3,(H,29,35)/t16-,18?,21-,22-/m0/s1. The van der Waals surface area contributed by atoms with E-state index in [1.807, 2.05) is 0 Å². The Kier molecular flexibility index (Phi) is 7.00. The van der Waals surface area contributed by atoms with E-state index in [0.717, 1.165) is 25.0 Å². The first-order valence-electron chi connectivity index (χ1n) is 12.5. The zero-order valence-corrected chi connectivity index (χ0v) is 20.5. The number of nitrogens with one attached hydrogen (secondary N) is 1. The molecule has 1 saturated carbocycles. The second kappa shape index (κ2) is 10.2. The number of hydrogen-bond donors (Lipinski definition) is 2. The van der Waals surface area contributed by atoms with Crippen LogP contribution in [0.1, 0.15) is 35.3 Å². The molecule has 1 unspecified atom stereocenters. The van der Waals surface area contributed by atoms with Crippen LogP contribution in [0.4, 0.5) is 8.78 Å². The molecule has 4 atom stereocenters. The number of aromatic nitrogens is 1. The Bertz CT molecular complexity index is 1270. The zero-order chi connectivity index (χ0) is 26.3. The summed E-state index contributed by atoms with van der Waals surface area (Å²) in [5.74, 6) is -3.39. The van der Waals surface area contributed by atoms with E-state index >= 15 is 0 Å². The predicted molar refractivity (Wildman–Crippen MR) is 129 cm³/mol. The SMILES string of the molecule is COCCN1C[C@@H]2CCCC(C(=O)NCc3ccc(F)cc3F)[C@H]2N2C(=O)c3c(O)c(=O)ccn3C[C@@H]12. The Morgan fingerprint density at radius 2 is 2.00 bits per heavy atom. The molecule has 9 nitrogen and oxygen atoms in total. The first kappa shape index (κ1) is 25.3. The summed E-state index contributed by atoms with van der Waals surface area (Å²) < 4.78 is 34.3. The monoisotopic (exact) mass is 516 g/mol. The first-order valence-corrected chi connectivity index (χ1v) is 12.5. The van der Waals surface area contributed by atoms with Gasteiger partial charge in [-0.05, 0) is 24.8 Å². The molecule has 2 aromatic rings. The van der Waals surface area contributed by atoms with Crippen molar-refractivity contribution < 1.29 is 28.2 Å². The number of benzene rings is 1. The van der Waals surface area contributed by atoms with Crippen LogP contribution in [-0.4, -0.2) is 70.3 Å². The van der Waals surface area contributed by atoms with E-state index in [4.69, 9.17) is 4.74 Å². The minimum atomic E-state index is -0.739. The molecule has 0 bridgehead atoms. The molecule has 1 aromatic heterocycles. The maximum atomic E-state index is 14.1. The fourth-order valence-corrected chi connectivity index (χ4v) is 6.11. The molecule has 3 aliphatic rings. The molecule has 5 rings (SSSR count). The van der Waals surface area contributed by atoms with Gasteiger partial charge >= 0.3 is 0 Å². The maximum Gasteiger partial charge on any atom is 0.276 e. The highest BCUT2D eigenvalue weighted by Gasteiger charge is 2.52. The summed E-state index contributed by atoms with van der Waals surface area (Å²) in [4.78, 5) is 43.3. The topological polar surface area (TPSA) is 104 Å². The molecule has 1 aromatic carbocycles. The van der Waals surface area contributed by atoms with Crippen molar-refractivity contribution in [2.45, 2.75) is 44.6 Å². The summed E-state index contributed by atoms with van der Waals surface area (Å²) in [6.07, 6.45) is 3.27. The lowest BCUT2D eigenvalue weighted by Gasteiger charge is -2.57. The third kappa shape index (κ3) is 4.61. The number of aromatic hydroxyl groups is 1. The number of carbonyl (C=O) groups is 2. The van der Waals surface area contributed by atoms with Crippen LogP contribution in [0.25, 0.3) is 0 Å². The number of methoxy groups -OCH3 is 1. The fraction of sp³-hybridized carbons (Fsp3) is 0.500. The largest absolute Gasteiger partial charge is 0.503 e. The van der Waals surface area contributed by atoms with E-state index in [1.165, 1.54) is 18.3 Å². The van der Waals surface area contributed by atoms with Gasteiger partial charge in [-0.15, -0.1) is 0 Å². The minimum Gasteiger partial charge on any atom is -0.503 e. The molecular formula is C26H30F2N4O5. The summed E-state index contributed by atoms with van der Waals surface area (Å²) in [6, 6.07) is 3.99. The number of ether oxygens (including phenoxy) is 1. The van der Waals surface area contributed by atoms with Gasteiger partial charge in [0.2, 0.25) is 11.3 Å². The first-order chi connectivity index (χ1) is 17.8. The number of carbonyl (C=O) groups excluding carboxylic acids is 2. The Morgan fingerprint density at radius 1 is 1.19 bits per heavy atom. The Hall–Kier alpha value is -3.31. The van der Waals surface area contributed by atoms with Crippen LogP contribution in [0.5, 0.6) is 5.75 Å². The van der Waals surface area contributed by atoms with E-state index in [1.54, 1.807) is 16.6 Å². The lowest BCUT2D eigenvalue weighted by molar-refractivity contribution is -0.137. The molecule has 2 amide bonds. The van der Waals surface area contributed by atoms with Crippen molar-refractivity contribution in [3.05, 3.63) is 63.6 Å². The van der Waals surface area contributed by atoms with Gasteiger partial charge in [0.25, 0.3) is 5.91 Å². The fourth-order valence-electron chi connectivity index (χ4n) is 6.11. The van der Waals surface area contributed by atoms with Gasteiger partial charge in [-0.3, -0.25) is 19.3 Å². The highest BCUT2D eigenvalue weighted by Crippen LogP contribution is 2.42. The maximum absolute atomic E-state index is 14.1. The van der Waals surface area contributed by atoms with E-state index in [2.05, 4.69) is 10.2 Å². The second-order valence-electron chi connectivity index (χ2n) is 9.95. The lowest BCUT2D eigenvalue weighted by Crippen LogP contribution is -2.70. The van der Waals surface area contributed by atoms with E-state index < -0.39 is 40.7 Å². The number of halogens is 2. The van der Waals surface area contributed by atoms with E-state index in [9.17, 15) is 28.3 Å². The normalized spacial score (nSPS) is 25.3. The van der Waals surface area contributed by atoms with Crippen molar-refractivity contribution in [3.63, 3.8) is 0 Å². The van der Waals surface area contributed by atoms with Crippen LogP contribution in [0.2, 0.25) is 0 Å². The van der Waals surface area contributed by atoms with Crippen LogP contribution in [0.15, 0.2) is 35.3 Å². The Balaban J connectivity index is 1.46. The van der Waals surface area contributed by atoms with Gasteiger partial charge in [-0.25, -0.2) is 8.78 Å². The van der Waals surface area contributed by atoms with E-state index in [0.29, 0.717) is 32.7 Å². The van der Waals surface area contributed by atoms with E-state index in [-0.39, 0.29) is 35.8 Å². The summed E-state index contributed by atoms with van der Waals surface area (Å²) in [7, 11) is 1.61. The van der Waals surface area contributed by atoms with Crippen LogP contribution in [0, 0.1) is 23.5 Å². The summed E-state index contributed by atoms with van der Waals surface area (Å²) in [5, 5.41) is 13.3. The van der Waals surface area contributed by atoms with Crippen LogP contribution in [-0.2, 0) is 22.6 Å². The molecule has 37 heavy (non-hydrogen) atoms. The number of fused-ring (bicyclic) bond motifs is 4. The average Bonchev–Trinajstić information content (AvgIpc) is 2.88. The molecule has 1 aliphatic carbocycles. The van der Waals surface area contributed by atoms with Gasteiger partial charge in [-0.2, -0.15) is 0 Å². The molecule has 11 heteroatoms. The minimum absolute atomic E-state index is 0.00626. The number of hydrogen-bond acceptors (Lipinski definition) is 6. The van der Waals surface area contributed by atoms with Crippen molar-refractivity contribution in [3.8, 4) is 5.75 Å². The van der Waals surface area contributed by atoms with Crippen molar-refractivity contribution in [2.24, 2.45) is 11.8 Å². The van der Waals surface area contributed by atoms with Crippen molar-refractivity contribution in [1.29, 1.82) is 0 Å². The molecule has 2 N–H and O–H groups in total. The quantitative estimate of drug-likeness (QED) is 0.606. The van der Waals surface area contributed by atoms with Gasteiger partial charge < -0.3 is 24.6 Å². The Morgan fingerprint density at radius 3 is 2.76 bits per heavy atom. The Labute approximate surface area is 212 Å². The molecule has 0 spiro atoms. The van der Waals surface area contributed by atoms with Gasteiger partial charge in [0.1, 0.15) is 17.8 Å². The molecule has 3 heterocycles. The summed E-state index contributed by atoms with van der Waals surface area (Å²) >= 11 is 0. The number of rotatable bonds is 6. The average molecular weight is 517 g/mol.